The Balaban J connectivity index is 1.89. The summed E-state index contributed by atoms with van der Waals surface area (Å²) >= 11 is 9.64. The molecule has 2 unspecified atom stereocenters. The average molecular weight is 331 g/mol. The first-order valence-corrected chi connectivity index (χ1v) is 7.54. The zero-order chi connectivity index (χ0) is 13.1. The molecule has 1 N–H and O–H groups in total. The van der Waals surface area contributed by atoms with Crippen LogP contribution in [0.4, 0.5) is 0 Å². The van der Waals surface area contributed by atoms with Crippen molar-refractivity contribution in [3.8, 4) is 0 Å². The van der Waals surface area contributed by atoms with E-state index in [0.717, 1.165) is 18.5 Å². The molecule has 2 rings (SSSR count). The van der Waals surface area contributed by atoms with Gasteiger partial charge in [0.05, 0.1) is 0 Å². The lowest BCUT2D eigenvalue weighted by Gasteiger charge is -2.11. The highest BCUT2D eigenvalue weighted by Crippen LogP contribution is 2.30. The van der Waals surface area contributed by atoms with E-state index in [-0.39, 0.29) is 5.91 Å². The predicted molar refractivity (Wildman–Crippen MR) is 78.6 cm³/mol. The lowest BCUT2D eigenvalue weighted by molar-refractivity contribution is 0.0947. The highest BCUT2D eigenvalue weighted by Gasteiger charge is 2.22. The monoisotopic (exact) mass is 329 g/mol. The van der Waals surface area contributed by atoms with Crippen molar-refractivity contribution in [3.05, 3.63) is 34.3 Å². The maximum absolute atomic E-state index is 12.0. The van der Waals surface area contributed by atoms with Gasteiger partial charge in [-0.05, 0) is 49.8 Å². The standard InChI is InChI=1S/C14H17BrClNO/c1-9-2-4-11(7-13(9)16)14(18)17-8-10-3-5-12(15)6-10/h2,4,7,10,12H,3,5-6,8H2,1H3,(H,17,18). The second kappa shape index (κ2) is 6.07. The van der Waals surface area contributed by atoms with Gasteiger partial charge in [0.1, 0.15) is 0 Å². The van der Waals surface area contributed by atoms with Crippen molar-refractivity contribution in [2.75, 3.05) is 6.54 Å². The minimum Gasteiger partial charge on any atom is -0.352 e. The maximum atomic E-state index is 12.0. The highest BCUT2D eigenvalue weighted by molar-refractivity contribution is 9.09. The van der Waals surface area contributed by atoms with Crippen LogP contribution in [-0.4, -0.2) is 17.3 Å². The highest BCUT2D eigenvalue weighted by atomic mass is 79.9. The Morgan fingerprint density at radius 1 is 1.50 bits per heavy atom. The summed E-state index contributed by atoms with van der Waals surface area (Å²) in [6.45, 7) is 2.69. The molecule has 1 amide bonds. The fraction of sp³-hybridized carbons (Fsp3) is 0.500. The van der Waals surface area contributed by atoms with Gasteiger partial charge >= 0.3 is 0 Å². The van der Waals surface area contributed by atoms with Crippen molar-refractivity contribution in [2.24, 2.45) is 5.92 Å². The minimum atomic E-state index is -0.0325. The number of carbonyl (C=O) groups excluding carboxylic acids is 1. The fourth-order valence-electron chi connectivity index (χ4n) is 2.27. The van der Waals surface area contributed by atoms with E-state index in [4.69, 9.17) is 11.6 Å². The number of carbonyl (C=O) groups is 1. The van der Waals surface area contributed by atoms with Crippen molar-refractivity contribution in [3.63, 3.8) is 0 Å². The minimum absolute atomic E-state index is 0.0325. The molecule has 0 spiro atoms. The lowest BCUT2D eigenvalue weighted by atomic mass is 10.1. The Morgan fingerprint density at radius 3 is 2.89 bits per heavy atom. The molecule has 18 heavy (non-hydrogen) atoms. The molecule has 0 radical (unpaired) electrons. The summed E-state index contributed by atoms with van der Waals surface area (Å²) in [5.41, 5.74) is 1.63. The number of rotatable bonds is 3. The third kappa shape index (κ3) is 3.48. The van der Waals surface area contributed by atoms with Crippen LogP contribution in [0, 0.1) is 12.8 Å². The number of aryl methyl sites for hydroxylation is 1. The van der Waals surface area contributed by atoms with Gasteiger partial charge in [-0.2, -0.15) is 0 Å². The molecule has 0 aromatic heterocycles. The first kappa shape index (κ1) is 13.9. The third-order valence-electron chi connectivity index (χ3n) is 3.46. The van der Waals surface area contributed by atoms with Crippen LogP contribution in [0.25, 0.3) is 0 Å². The molecule has 0 bridgehead atoms. The van der Waals surface area contributed by atoms with E-state index >= 15 is 0 Å². The number of halogens is 2. The molecule has 0 heterocycles. The van der Waals surface area contributed by atoms with Gasteiger partial charge in [0.2, 0.25) is 0 Å². The van der Waals surface area contributed by atoms with Crippen molar-refractivity contribution < 1.29 is 4.79 Å². The Bertz CT molecular complexity index is 449. The first-order valence-electron chi connectivity index (χ1n) is 6.24. The van der Waals surface area contributed by atoms with Crippen LogP contribution < -0.4 is 5.32 Å². The van der Waals surface area contributed by atoms with Gasteiger partial charge in [-0.3, -0.25) is 4.79 Å². The molecule has 1 fully saturated rings. The second-order valence-electron chi connectivity index (χ2n) is 4.95. The van der Waals surface area contributed by atoms with E-state index in [1.165, 1.54) is 12.8 Å². The second-order valence-corrected chi connectivity index (χ2v) is 6.65. The van der Waals surface area contributed by atoms with Gasteiger partial charge < -0.3 is 5.32 Å². The van der Waals surface area contributed by atoms with Crippen LogP contribution in [0.15, 0.2) is 18.2 Å². The molecule has 0 aliphatic heterocycles. The SMILES string of the molecule is Cc1ccc(C(=O)NCC2CCC(Br)C2)cc1Cl. The predicted octanol–water partition coefficient (Wildman–Crippen LogP) is 3.94. The number of benzene rings is 1. The number of hydrogen-bond acceptors (Lipinski definition) is 1. The molecule has 2 nitrogen and oxygen atoms in total. The molecular weight excluding hydrogens is 314 g/mol. The van der Waals surface area contributed by atoms with Crippen molar-refractivity contribution in [1.82, 2.24) is 5.32 Å². The van der Waals surface area contributed by atoms with Gasteiger partial charge in [-0.1, -0.05) is 33.6 Å². The van der Waals surface area contributed by atoms with E-state index in [1.54, 1.807) is 6.07 Å². The van der Waals surface area contributed by atoms with Gasteiger partial charge in [-0.25, -0.2) is 0 Å². The van der Waals surface area contributed by atoms with Crippen molar-refractivity contribution >= 4 is 33.4 Å². The van der Waals surface area contributed by atoms with Gasteiger partial charge in [-0.15, -0.1) is 0 Å². The quantitative estimate of drug-likeness (QED) is 0.836. The van der Waals surface area contributed by atoms with E-state index in [2.05, 4.69) is 21.2 Å². The summed E-state index contributed by atoms with van der Waals surface area (Å²) in [7, 11) is 0. The van der Waals surface area contributed by atoms with Crippen molar-refractivity contribution in [1.29, 1.82) is 0 Å². The van der Waals surface area contributed by atoms with Crippen LogP contribution in [0.3, 0.4) is 0 Å². The molecule has 1 saturated carbocycles. The molecule has 1 aromatic rings. The Labute approximate surface area is 121 Å². The number of hydrogen-bond donors (Lipinski definition) is 1. The summed E-state index contributed by atoms with van der Waals surface area (Å²) in [6, 6.07) is 5.42. The molecule has 2 atom stereocenters. The molecule has 0 saturated heterocycles. The summed E-state index contributed by atoms with van der Waals surface area (Å²) in [5, 5.41) is 3.63. The smallest absolute Gasteiger partial charge is 0.251 e. The number of amides is 1. The third-order valence-corrected chi connectivity index (χ3v) is 4.70. The Hall–Kier alpha value is -0.540. The van der Waals surface area contributed by atoms with Crippen LogP contribution in [0.2, 0.25) is 5.02 Å². The molecule has 1 aliphatic rings. The normalized spacial score (nSPS) is 23.1. The first-order chi connectivity index (χ1) is 8.56. The molecule has 1 aromatic carbocycles. The fourth-order valence-corrected chi connectivity index (χ4v) is 3.25. The van der Waals surface area contributed by atoms with Crippen LogP contribution in [-0.2, 0) is 0 Å². The van der Waals surface area contributed by atoms with Gasteiger partial charge in [0.25, 0.3) is 5.91 Å². The van der Waals surface area contributed by atoms with E-state index in [9.17, 15) is 4.79 Å². The van der Waals surface area contributed by atoms with Crippen LogP contribution >= 0.6 is 27.5 Å². The molecule has 1 aliphatic carbocycles. The lowest BCUT2D eigenvalue weighted by Crippen LogP contribution is -2.28. The topological polar surface area (TPSA) is 29.1 Å². The Morgan fingerprint density at radius 2 is 2.28 bits per heavy atom. The molecule has 4 heteroatoms. The van der Waals surface area contributed by atoms with E-state index in [1.807, 2.05) is 19.1 Å². The van der Waals surface area contributed by atoms with Crippen LogP contribution in [0.5, 0.6) is 0 Å². The Kier molecular flexibility index (Phi) is 4.68. The van der Waals surface area contributed by atoms with Crippen LogP contribution in [0.1, 0.15) is 35.2 Å². The maximum Gasteiger partial charge on any atom is 0.251 e. The van der Waals surface area contributed by atoms with Gasteiger partial charge in [0.15, 0.2) is 0 Å². The number of alkyl halides is 1. The molecule has 98 valence electrons. The summed E-state index contributed by atoms with van der Waals surface area (Å²) in [4.78, 5) is 12.6. The number of nitrogens with one attached hydrogen (secondary N) is 1. The van der Waals surface area contributed by atoms with E-state index < -0.39 is 0 Å². The summed E-state index contributed by atoms with van der Waals surface area (Å²) < 4.78 is 0. The zero-order valence-electron chi connectivity index (χ0n) is 10.4. The molecular formula is C14H17BrClNO. The average Bonchev–Trinajstić information content (AvgIpc) is 2.75. The zero-order valence-corrected chi connectivity index (χ0v) is 12.7. The summed E-state index contributed by atoms with van der Waals surface area (Å²) in [5.74, 6) is 0.564. The van der Waals surface area contributed by atoms with Gasteiger partial charge in [0, 0.05) is 22.0 Å². The van der Waals surface area contributed by atoms with Crippen molar-refractivity contribution in [2.45, 2.75) is 31.0 Å². The summed E-state index contributed by atoms with van der Waals surface area (Å²) in [6.07, 6.45) is 3.54. The van der Waals surface area contributed by atoms with E-state index in [0.29, 0.717) is 21.3 Å². The largest absolute Gasteiger partial charge is 0.352 e.